The summed E-state index contributed by atoms with van der Waals surface area (Å²) in [4.78, 5) is 22.3. The lowest BCUT2D eigenvalue weighted by molar-refractivity contribution is 0.0946. The first-order chi connectivity index (χ1) is 15.7. The Balaban J connectivity index is 1.38. The van der Waals surface area contributed by atoms with Crippen molar-refractivity contribution >= 4 is 17.2 Å². The monoisotopic (exact) mass is 450 g/mol. The molecule has 3 aromatic rings. The average Bonchev–Trinajstić information content (AvgIpc) is 3.34. The second-order valence-corrected chi connectivity index (χ2v) is 8.76. The van der Waals surface area contributed by atoms with Crippen molar-refractivity contribution in [2.24, 2.45) is 0 Å². The molecule has 0 unspecified atom stereocenters. The summed E-state index contributed by atoms with van der Waals surface area (Å²) in [5.74, 6) is 0.594. The van der Waals surface area contributed by atoms with Crippen molar-refractivity contribution < 1.29 is 9.53 Å². The van der Waals surface area contributed by atoms with Gasteiger partial charge >= 0.3 is 0 Å². The van der Waals surface area contributed by atoms with E-state index in [0.29, 0.717) is 12.2 Å². The van der Waals surface area contributed by atoms with Crippen LogP contribution in [-0.2, 0) is 13.1 Å². The molecular formula is C25H30N4O2S. The largest absolute Gasteiger partial charge is 0.496 e. The van der Waals surface area contributed by atoms with Crippen LogP contribution >= 0.6 is 11.3 Å². The van der Waals surface area contributed by atoms with Crippen LogP contribution in [0.5, 0.6) is 5.75 Å². The summed E-state index contributed by atoms with van der Waals surface area (Å²) >= 11 is 1.45. The molecule has 1 aliphatic rings. The second kappa shape index (κ2) is 10.7. The summed E-state index contributed by atoms with van der Waals surface area (Å²) in [6.45, 7) is 9.14. The summed E-state index contributed by atoms with van der Waals surface area (Å²) in [7, 11) is 1.64. The first-order valence-corrected chi connectivity index (χ1v) is 11.9. The quantitative estimate of drug-likeness (QED) is 0.564. The first kappa shape index (κ1) is 22.5. The molecule has 0 spiro atoms. The van der Waals surface area contributed by atoms with Gasteiger partial charge in [0, 0.05) is 44.6 Å². The lowest BCUT2D eigenvalue weighted by Gasteiger charge is -2.34. The number of aromatic nitrogens is 1. The van der Waals surface area contributed by atoms with E-state index in [1.165, 1.54) is 16.9 Å². The Hall–Kier alpha value is -2.74. The number of nitrogens with one attached hydrogen (secondary N) is 1. The summed E-state index contributed by atoms with van der Waals surface area (Å²) in [6.07, 6.45) is 0. The van der Waals surface area contributed by atoms with Gasteiger partial charge in [-0.3, -0.25) is 9.69 Å². The van der Waals surface area contributed by atoms with Crippen LogP contribution in [0.2, 0.25) is 0 Å². The standard InChI is InChI=1S/C25H30N4O2S/c1-3-28-12-14-29(15-13-28)17-20-9-5-4-8-19(20)16-26-24(30)22-18-32-25(27-22)21-10-6-7-11-23(21)31-2/h4-11,18H,3,12-17H2,1-2H3,(H,26,30). The number of carbonyl (C=O) groups is 1. The average molecular weight is 451 g/mol. The highest BCUT2D eigenvalue weighted by molar-refractivity contribution is 7.13. The van der Waals surface area contributed by atoms with E-state index in [9.17, 15) is 4.79 Å². The van der Waals surface area contributed by atoms with E-state index in [2.05, 4.69) is 45.2 Å². The number of piperazine rings is 1. The van der Waals surface area contributed by atoms with Crippen LogP contribution in [-0.4, -0.2) is 60.5 Å². The number of ether oxygens (including phenoxy) is 1. The molecule has 1 fully saturated rings. The fourth-order valence-electron chi connectivity index (χ4n) is 3.98. The maximum Gasteiger partial charge on any atom is 0.271 e. The van der Waals surface area contributed by atoms with Gasteiger partial charge in [0.15, 0.2) is 0 Å². The normalized spacial score (nSPS) is 14.9. The molecule has 32 heavy (non-hydrogen) atoms. The Morgan fingerprint density at radius 2 is 1.72 bits per heavy atom. The highest BCUT2D eigenvalue weighted by atomic mass is 32.1. The Bertz CT molecular complexity index is 1040. The van der Waals surface area contributed by atoms with Gasteiger partial charge < -0.3 is 15.0 Å². The molecule has 0 saturated carbocycles. The van der Waals surface area contributed by atoms with Gasteiger partial charge in [-0.15, -0.1) is 11.3 Å². The number of rotatable bonds is 8. The number of amides is 1. The topological polar surface area (TPSA) is 57.7 Å². The van der Waals surface area contributed by atoms with Crippen molar-refractivity contribution in [3.05, 3.63) is 70.7 Å². The zero-order chi connectivity index (χ0) is 22.3. The molecule has 1 N–H and O–H groups in total. The third kappa shape index (κ3) is 5.35. The lowest BCUT2D eigenvalue weighted by Crippen LogP contribution is -2.45. The number of benzene rings is 2. The Kier molecular flexibility index (Phi) is 7.52. The molecule has 4 rings (SSSR count). The third-order valence-corrected chi connectivity index (χ3v) is 6.81. The summed E-state index contributed by atoms with van der Waals surface area (Å²) < 4.78 is 5.42. The number of likely N-dealkylation sites (N-methyl/N-ethyl adjacent to an activating group) is 1. The minimum atomic E-state index is -0.159. The third-order valence-electron chi connectivity index (χ3n) is 5.94. The zero-order valence-electron chi connectivity index (χ0n) is 18.7. The fraction of sp³-hybridized carbons (Fsp3) is 0.360. The van der Waals surface area contributed by atoms with Crippen LogP contribution in [0.3, 0.4) is 0 Å². The number of methoxy groups -OCH3 is 1. The van der Waals surface area contributed by atoms with E-state index in [0.717, 1.165) is 61.2 Å². The van der Waals surface area contributed by atoms with Crippen molar-refractivity contribution in [3.63, 3.8) is 0 Å². The van der Waals surface area contributed by atoms with Crippen LogP contribution in [0, 0.1) is 0 Å². The van der Waals surface area contributed by atoms with Gasteiger partial charge in [-0.25, -0.2) is 4.98 Å². The van der Waals surface area contributed by atoms with Crippen molar-refractivity contribution in [1.29, 1.82) is 0 Å². The predicted octanol–water partition coefficient (Wildman–Crippen LogP) is 3.89. The molecule has 2 aromatic carbocycles. The van der Waals surface area contributed by atoms with Crippen LogP contribution in [0.15, 0.2) is 53.9 Å². The maximum atomic E-state index is 12.8. The molecule has 7 heteroatoms. The highest BCUT2D eigenvalue weighted by Gasteiger charge is 2.18. The molecule has 0 atom stereocenters. The van der Waals surface area contributed by atoms with Crippen molar-refractivity contribution in [2.45, 2.75) is 20.0 Å². The second-order valence-electron chi connectivity index (χ2n) is 7.90. The fourth-order valence-corrected chi connectivity index (χ4v) is 4.81. The predicted molar refractivity (Wildman–Crippen MR) is 129 cm³/mol. The van der Waals surface area contributed by atoms with E-state index in [1.54, 1.807) is 12.5 Å². The SMILES string of the molecule is CCN1CCN(Cc2ccccc2CNC(=O)c2csc(-c3ccccc3OC)n2)CC1. The van der Waals surface area contributed by atoms with Crippen LogP contribution in [0.4, 0.5) is 0 Å². The van der Waals surface area contributed by atoms with E-state index in [4.69, 9.17) is 4.74 Å². The number of thiazole rings is 1. The zero-order valence-corrected chi connectivity index (χ0v) is 19.5. The summed E-state index contributed by atoms with van der Waals surface area (Å²) in [6, 6.07) is 16.1. The maximum absolute atomic E-state index is 12.8. The molecule has 6 nitrogen and oxygen atoms in total. The Morgan fingerprint density at radius 3 is 2.47 bits per heavy atom. The Labute approximate surface area is 193 Å². The molecule has 1 aliphatic heterocycles. The van der Waals surface area contributed by atoms with Crippen molar-refractivity contribution in [1.82, 2.24) is 20.1 Å². The van der Waals surface area contributed by atoms with Crippen molar-refractivity contribution in [2.75, 3.05) is 39.8 Å². The summed E-state index contributed by atoms with van der Waals surface area (Å²) in [5.41, 5.74) is 3.75. The minimum Gasteiger partial charge on any atom is -0.496 e. The molecule has 1 saturated heterocycles. The van der Waals surface area contributed by atoms with Gasteiger partial charge in [-0.05, 0) is 29.8 Å². The number of carbonyl (C=O) groups excluding carboxylic acids is 1. The van der Waals surface area contributed by atoms with Gasteiger partial charge in [-0.2, -0.15) is 0 Å². The summed E-state index contributed by atoms with van der Waals surface area (Å²) in [5, 5.41) is 5.63. The molecular weight excluding hydrogens is 420 g/mol. The molecule has 1 aromatic heterocycles. The van der Waals surface area contributed by atoms with E-state index >= 15 is 0 Å². The molecule has 0 aliphatic carbocycles. The lowest BCUT2D eigenvalue weighted by atomic mass is 10.1. The van der Waals surface area contributed by atoms with E-state index < -0.39 is 0 Å². The number of hydrogen-bond donors (Lipinski definition) is 1. The smallest absolute Gasteiger partial charge is 0.271 e. The number of para-hydroxylation sites is 1. The van der Waals surface area contributed by atoms with Crippen LogP contribution < -0.4 is 10.1 Å². The first-order valence-electron chi connectivity index (χ1n) is 11.1. The Morgan fingerprint density at radius 1 is 1.03 bits per heavy atom. The molecule has 1 amide bonds. The van der Waals surface area contributed by atoms with Crippen molar-refractivity contribution in [3.8, 4) is 16.3 Å². The van der Waals surface area contributed by atoms with Crippen LogP contribution in [0.25, 0.3) is 10.6 Å². The van der Waals surface area contributed by atoms with Crippen LogP contribution in [0.1, 0.15) is 28.5 Å². The van der Waals surface area contributed by atoms with Gasteiger partial charge in [0.05, 0.1) is 12.7 Å². The molecule has 2 heterocycles. The van der Waals surface area contributed by atoms with Gasteiger partial charge in [-0.1, -0.05) is 43.3 Å². The van der Waals surface area contributed by atoms with E-state index in [-0.39, 0.29) is 5.91 Å². The molecule has 0 radical (unpaired) electrons. The number of hydrogen-bond acceptors (Lipinski definition) is 6. The number of nitrogens with zero attached hydrogens (tertiary/aromatic N) is 3. The minimum absolute atomic E-state index is 0.159. The molecule has 168 valence electrons. The van der Waals surface area contributed by atoms with E-state index in [1.807, 2.05) is 30.3 Å². The van der Waals surface area contributed by atoms with Gasteiger partial charge in [0.25, 0.3) is 5.91 Å². The molecule has 0 bridgehead atoms. The highest BCUT2D eigenvalue weighted by Crippen LogP contribution is 2.31. The van der Waals surface area contributed by atoms with Gasteiger partial charge in [0.2, 0.25) is 0 Å². The van der Waals surface area contributed by atoms with Gasteiger partial charge in [0.1, 0.15) is 16.5 Å².